The molecule has 0 amide bonds. The summed E-state index contributed by atoms with van der Waals surface area (Å²) in [7, 11) is 3.27. The van der Waals surface area contributed by atoms with Crippen LogP contribution < -0.4 is 15.2 Å². The van der Waals surface area contributed by atoms with Crippen molar-refractivity contribution in [1.29, 1.82) is 0 Å². The second-order valence-corrected chi connectivity index (χ2v) is 3.62. The van der Waals surface area contributed by atoms with Gasteiger partial charge in [-0.2, -0.15) is 0 Å². The maximum absolute atomic E-state index is 5.99. The average molecular weight is 229 g/mol. The summed E-state index contributed by atoms with van der Waals surface area (Å²) < 4.78 is 10.7. The van der Waals surface area contributed by atoms with Crippen LogP contribution in [0.5, 0.6) is 11.5 Å². The lowest BCUT2D eigenvalue weighted by atomic mass is 10.0. The molecule has 88 valence electrons. The van der Waals surface area contributed by atoms with Gasteiger partial charge in [0.05, 0.1) is 19.8 Å². The van der Waals surface area contributed by atoms with Crippen LogP contribution >= 0.6 is 0 Å². The van der Waals surface area contributed by atoms with Crippen molar-refractivity contribution in [3.63, 3.8) is 0 Å². The van der Waals surface area contributed by atoms with E-state index in [-0.39, 0.29) is 0 Å². The number of para-hydroxylation sites is 1. The Hall–Kier alpha value is -2.16. The molecule has 0 aromatic heterocycles. The number of nitrogen functional groups attached to an aromatic ring is 1. The van der Waals surface area contributed by atoms with Gasteiger partial charge in [-0.1, -0.05) is 24.3 Å². The molecule has 0 saturated heterocycles. The predicted molar refractivity (Wildman–Crippen MR) is 69.4 cm³/mol. The van der Waals surface area contributed by atoms with Gasteiger partial charge in [0.2, 0.25) is 0 Å². The molecule has 2 aromatic carbocycles. The summed E-state index contributed by atoms with van der Waals surface area (Å²) in [5, 5.41) is 0. The van der Waals surface area contributed by atoms with E-state index in [1.807, 2.05) is 42.5 Å². The summed E-state index contributed by atoms with van der Waals surface area (Å²) in [5.74, 6) is 1.50. The number of benzene rings is 2. The van der Waals surface area contributed by atoms with Crippen molar-refractivity contribution >= 4 is 5.69 Å². The largest absolute Gasteiger partial charge is 0.496 e. The zero-order valence-corrected chi connectivity index (χ0v) is 9.94. The summed E-state index contributed by atoms with van der Waals surface area (Å²) in [6.45, 7) is 0. The number of methoxy groups -OCH3 is 2. The van der Waals surface area contributed by atoms with Gasteiger partial charge in [-0.05, 0) is 18.2 Å². The molecule has 0 saturated carbocycles. The second-order valence-electron chi connectivity index (χ2n) is 3.62. The van der Waals surface area contributed by atoms with Crippen molar-refractivity contribution in [1.82, 2.24) is 0 Å². The highest BCUT2D eigenvalue weighted by molar-refractivity contribution is 5.84. The number of nitrogens with two attached hydrogens (primary N) is 1. The van der Waals surface area contributed by atoms with Crippen molar-refractivity contribution in [3.05, 3.63) is 42.5 Å². The van der Waals surface area contributed by atoms with Crippen molar-refractivity contribution in [2.24, 2.45) is 0 Å². The summed E-state index contributed by atoms with van der Waals surface area (Å²) in [6, 6.07) is 13.3. The third-order valence-electron chi connectivity index (χ3n) is 2.66. The lowest BCUT2D eigenvalue weighted by Crippen LogP contribution is -1.96. The Morgan fingerprint density at radius 1 is 0.824 bits per heavy atom. The van der Waals surface area contributed by atoms with Gasteiger partial charge in [0.25, 0.3) is 0 Å². The van der Waals surface area contributed by atoms with Gasteiger partial charge in [0.1, 0.15) is 11.5 Å². The molecule has 0 atom stereocenters. The molecule has 3 heteroatoms. The molecule has 2 aromatic rings. The van der Waals surface area contributed by atoms with Crippen LogP contribution in [-0.2, 0) is 0 Å². The molecule has 3 nitrogen and oxygen atoms in total. The number of rotatable bonds is 3. The minimum absolute atomic E-state index is 0.704. The van der Waals surface area contributed by atoms with Crippen LogP contribution in [0.4, 0.5) is 5.69 Å². The Morgan fingerprint density at radius 2 is 1.41 bits per heavy atom. The zero-order valence-electron chi connectivity index (χ0n) is 9.94. The minimum Gasteiger partial charge on any atom is -0.496 e. The van der Waals surface area contributed by atoms with E-state index in [1.54, 1.807) is 14.2 Å². The lowest BCUT2D eigenvalue weighted by Gasteiger charge is -2.14. The summed E-state index contributed by atoms with van der Waals surface area (Å²) in [6.07, 6.45) is 0. The van der Waals surface area contributed by atoms with E-state index < -0.39 is 0 Å². The van der Waals surface area contributed by atoms with Crippen molar-refractivity contribution in [3.8, 4) is 22.6 Å². The summed E-state index contributed by atoms with van der Waals surface area (Å²) >= 11 is 0. The molecule has 0 fully saturated rings. The molecule has 0 bridgehead atoms. The fourth-order valence-corrected chi connectivity index (χ4v) is 1.84. The summed E-state index contributed by atoms with van der Waals surface area (Å²) in [5.41, 5.74) is 8.50. The van der Waals surface area contributed by atoms with E-state index in [0.717, 1.165) is 22.6 Å². The van der Waals surface area contributed by atoms with Crippen molar-refractivity contribution < 1.29 is 9.47 Å². The molecule has 0 aliphatic heterocycles. The van der Waals surface area contributed by atoms with Gasteiger partial charge < -0.3 is 15.2 Å². The van der Waals surface area contributed by atoms with Crippen LogP contribution in [0.3, 0.4) is 0 Å². The number of anilines is 1. The molecule has 0 aliphatic carbocycles. The van der Waals surface area contributed by atoms with E-state index in [2.05, 4.69) is 0 Å². The molecule has 0 radical (unpaired) electrons. The molecule has 2 N–H and O–H groups in total. The number of hydrogen-bond donors (Lipinski definition) is 1. The number of ether oxygens (including phenoxy) is 2. The highest BCUT2D eigenvalue weighted by Gasteiger charge is 2.13. The molecular formula is C14H15NO2. The zero-order chi connectivity index (χ0) is 12.3. The first-order chi connectivity index (χ1) is 8.27. The fourth-order valence-electron chi connectivity index (χ4n) is 1.84. The lowest BCUT2D eigenvalue weighted by molar-refractivity contribution is 0.397. The molecule has 0 unspecified atom stereocenters. The normalized spacial score (nSPS) is 10.0. The third kappa shape index (κ3) is 2.04. The predicted octanol–water partition coefficient (Wildman–Crippen LogP) is 2.95. The van der Waals surface area contributed by atoms with Gasteiger partial charge in [-0.25, -0.2) is 0 Å². The smallest absolute Gasteiger partial charge is 0.130 e. The van der Waals surface area contributed by atoms with Gasteiger partial charge >= 0.3 is 0 Å². The maximum Gasteiger partial charge on any atom is 0.130 e. The Morgan fingerprint density at radius 3 is 1.94 bits per heavy atom. The van der Waals surface area contributed by atoms with Gasteiger partial charge in [0, 0.05) is 11.3 Å². The monoisotopic (exact) mass is 229 g/mol. The standard InChI is InChI=1S/C14H15NO2/c1-16-12-8-5-9-13(17-2)14(12)10-6-3-4-7-11(10)15/h3-9H,15H2,1-2H3. The first-order valence-corrected chi connectivity index (χ1v) is 5.33. The summed E-state index contributed by atoms with van der Waals surface area (Å²) in [4.78, 5) is 0. The Kier molecular flexibility index (Phi) is 3.19. The molecule has 17 heavy (non-hydrogen) atoms. The second kappa shape index (κ2) is 4.78. The Bertz CT molecular complexity index is 501. The number of hydrogen-bond acceptors (Lipinski definition) is 3. The van der Waals surface area contributed by atoms with E-state index in [0.29, 0.717) is 5.69 Å². The fraction of sp³-hybridized carbons (Fsp3) is 0.143. The van der Waals surface area contributed by atoms with Gasteiger partial charge in [-0.3, -0.25) is 0 Å². The molecule has 0 heterocycles. The molecule has 0 aliphatic rings. The van der Waals surface area contributed by atoms with Crippen LogP contribution in [0, 0.1) is 0 Å². The molecule has 0 spiro atoms. The van der Waals surface area contributed by atoms with E-state index in [9.17, 15) is 0 Å². The van der Waals surface area contributed by atoms with Crippen LogP contribution in [0.25, 0.3) is 11.1 Å². The molecular weight excluding hydrogens is 214 g/mol. The van der Waals surface area contributed by atoms with E-state index in [1.165, 1.54) is 0 Å². The highest BCUT2D eigenvalue weighted by Crippen LogP contribution is 2.40. The van der Waals surface area contributed by atoms with Crippen molar-refractivity contribution in [2.45, 2.75) is 0 Å². The van der Waals surface area contributed by atoms with E-state index in [4.69, 9.17) is 15.2 Å². The first-order valence-electron chi connectivity index (χ1n) is 5.33. The Labute approximate surface area is 101 Å². The quantitative estimate of drug-likeness (QED) is 0.823. The van der Waals surface area contributed by atoms with Crippen LogP contribution in [-0.4, -0.2) is 14.2 Å². The topological polar surface area (TPSA) is 44.5 Å². The first kappa shape index (κ1) is 11.3. The van der Waals surface area contributed by atoms with Crippen LogP contribution in [0.15, 0.2) is 42.5 Å². The SMILES string of the molecule is COc1cccc(OC)c1-c1ccccc1N. The van der Waals surface area contributed by atoms with Crippen LogP contribution in [0.2, 0.25) is 0 Å². The van der Waals surface area contributed by atoms with Gasteiger partial charge in [0.15, 0.2) is 0 Å². The van der Waals surface area contributed by atoms with Crippen LogP contribution in [0.1, 0.15) is 0 Å². The average Bonchev–Trinajstić information content (AvgIpc) is 2.38. The van der Waals surface area contributed by atoms with E-state index >= 15 is 0 Å². The van der Waals surface area contributed by atoms with Gasteiger partial charge in [-0.15, -0.1) is 0 Å². The minimum atomic E-state index is 0.704. The molecule has 2 rings (SSSR count). The van der Waals surface area contributed by atoms with Crippen molar-refractivity contribution in [2.75, 3.05) is 20.0 Å². The third-order valence-corrected chi connectivity index (χ3v) is 2.66. The maximum atomic E-state index is 5.99. The Balaban J connectivity index is 2.69. The highest BCUT2D eigenvalue weighted by atomic mass is 16.5.